The van der Waals surface area contributed by atoms with Crippen molar-refractivity contribution in [1.82, 2.24) is 34.7 Å². The van der Waals surface area contributed by atoms with Crippen LogP contribution < -0.4 is 31.1 Å². The van der Waals surface area contributed by atoms with Gasteiger partial charge in [-0.25, -0.2) is 23.7 Å². The molecule has 13 nitrogen and oxygen atoms in total. The maximum Gasteiger partial charge on any atom is 0.229 e. The molecular weight excluding hydrogens is 761 g/mol. The van der Waals surface area contributed by atoms with E-state index in [9.17, 15) is 8.78 Å². The molecule has 6 aromatic rings. The van der Waals surface area contributed by atoms with Gasteiger partial charge in [0.15, 0.2) is 11.6 Å². The summed E-state index contributed by atoms with van der Waals surface area (Å²) in [6.45, 7) is 15.2. The van der Waals surface area contributed by atoms with Gasteiger partial charge in [0.1, 0.15) is 17.5 Å². The summed E-state index contributed by atoms with van der Waals surface area (Å²) < 4.78 is 29.4. The first-order valence-electron chi connectivity index (χ1n) is 20.2. The number of anilines is 10. The number of nitrogens with one attached hydrogen (secondary N) is 4. The standard InChI is InChI=1S/C23H27FN6.C22H26FN7/c1-16-4-5-18(14-17(16)2)26-22-8-9-25-23(28-22)27-19-6-7-21(20(24)15-19)30-12-10-29(3)11-13-30;1-15-4-5-17(12-16(15)2)26-20-6-7-24-22(28-20)27-18-13-19(23)21(25-14-18)30-10-8-29(3)9-11-30/h4-9,14-15H,10-13H2,1-3H3,(H2,25,26,27,28);4-7,12-14H,8-11H2,1-3H3,(H2,24,26,27,28). The van der Waals surface area contributed by atoms with E-state index in [4.69, 9.17) is 0 Å². The number of halogens is 2. The van der Waals surface area contributed by atoms with Crippen LogP contribution in [0.3, 0.4) is 0 Å². The molecule has 2 aliphatic rings. The number of likely N-dealkylation sites (N-methyl/N-ethyl adjacent to an activating group) is 2. The summed E-state index contributed by atoms with van der Waals surface area (Å²) >= 11 is 0. The summed E-state index contributed by atoms with van der Waals surface area (Å²) in [5.41, 5.74) is 8.57. The molecular formula is C45H53F2N13. The van der Waals surface area contributed by atoms with Crippen LogP contribution in [-0.2, 0) is 0 Å². The van der Waals surface area contributed by atoms with Crippen molar-refractivity contribution in [2.75, 3.05) is 97.5 Å². The molecule has 4 N–H and O–H groups in total. The zero-order valence-corrected chi connectivity index (χ0v) is 35.1. The van der Waals surface area contributed by atoms with Crippen LogP contribution in [0.25, 0.3) is 0 Å². The molecule has 0 unspecified atom stereocenters. The quantitative estimate of drug-likeness (QED) is 0.106. The van der Waals surface area contributed by atoms with Crippen molar-refractivity contribution in [2.24, 2.45) is 0 Å². The van der Waals surface area contributed by atoms with Crippen molar-refractivity contribution in [2.45, 2.75) is 27.7 Å². The minimum absolute atomic E-state index is 0.242. The number of rotatable bonds is 10. The normalized spacial score (nSPS) is 14.6. The van der Waals surface area contributed by atoms with Gasteiger partial charge in [0.25, 0.3) is 0 Å². The number of piperazine rings is 2. The van der Waals surface area contributed by atoms with Gasteiger partial charge in [0.05, 0.1) is 17.6 Å². The summed E-state index contributed by atoms with van der Waals surface area (Å²) in [4.78, 5) is 30.3. The summed E-state index contributed by atoms with van der Waals surface area (Å²) in [6, 6.07) is 22.5. The molecule has 5 heterocycles. The molecule has 0 bridgehead atoms. The Morgan fingerprint density at radius 2 is 0.933 bits per heavy atom. The van der Waals surface area contributed by atoms with Crippen LogP contribution in [0.1, 0.15) is 22.3 Å². The maximum atomic E-state index is 14.7. The Morgan fingerprint density at radius 3 is 1.43 bits per heavy atom. The van der Waals surface area contributed by atoms with Crippen molar-refractivity contribution in [3.8, 4) is 0 Å². The van der Waals surface area contributed by atoms with Crippen LogP contribution in [0.5, 0.6) is 0 Å². The van der Waals surface area contributed by atoms with Gasteiger partial charge >= 0.3 is 0 Å². The highest BCUT2D eigenvalue weighted by Crippen LogP contribution is 2.27. The molecule has 0 radical (unpaired) electrons. The minimum Gasteiger partial charge on any atom is -0.367 e. The van der Waals surface area contributed by atoms with E-state index in [1.807, 2.05) is 29.2 Å². The lowest BCUT2D eigenvalue weighted by Crippen LogP contribution is -2.45. The average Bonchev–Trinajstić information content (AvgIpc) is 3.22. The molecule has 3 aromatic heterocycles. The first kappa shape index (κ1) is 41.7. The van der Waals surface area contributed by atoms with Crippen LogP contribution in [0.15, 0.2) is 91.4 Å². The third-order valence-corrected chi connectivity index (χ3v) is 10.8. The van der Waals surface area contributed by atoms with E-state index in [2.05, 4.69) is 127 Å². The fourth-order valence-corrected chi connectivity index (χ4v) is 6.81. The maximum absolute atomic E-state index is 14.7. The highest BCUT2D eigenvalue weighted by atomic mass is 19.1. The largest absolute Gasteiger partial charge is 0.367 e. The van der Waals surface area contributed by atoms with Gasteiger partial charge in [-0.1, -0.05) is 12.1 Å². The van der Waals surface area contributed by atoms with E-state index >= 15 is 0 Å². The first-order chi connectivity index (χ1) is 28.9. The summed E-state index contributed by atoms with van der Waals surface area (Å²) in [7, 11) is 4.15. The Morgan fingerprint density at radius 1 is 0.467 bits per heavy atom. The molecule has 8 rings (SSSR count). The molecule has 0 saturated carbocycles. The van der Waals surface area contributed by atoms with E-state index in [1.54, 1.807) is 30.7 Å². The van der Waals surface area contributed by atoms with Crippen molar-refractivity contribution in [3.63, 3.8) is 0 Å². The van der Waals surface area contributed by atoms with Gasteiger partial charge < -0.3 is 40.9 Å². The molecule has 0 amide bonds. The van der Waals surface area contributed by atoms with Gasteiger partial charge in [0.2, 0.25) is 11.9 Å². The van der Waals surface area contributed by atoms with Gasteiger partial charge in [-0.3, -0.25) is 0 Å². The number of pyridine rings is 1. The van der Waals surface area contributed by atoms with Crippen molar-refractivity contribution >= 4 is 57.8 Å². The number of aromatic nitrogens is 5. The van der Waals surface area contributed by atoms with Crippen LogP contribution >= 0.6 is 0 Å². The van der Waals surface area contributed by atoms with E-state index in [0.29, 0.717) is 46.4 Å². The summed E-state index contributed by atoms with van der Waals surface area (Å²) in [5, 5.41) is 12.7. The smallest absolute Gasteiger partial charge is 0.229 e. The Bertz CT molecular complexity index is 2230. The number of aryl methyl sites for hydroxylation is 4. The summed E-state index contributed by atoms with van der Waals surface area (Å²) in [6.07, 6.45) is 4.94. The average molecular weight is 814 g/mol. The predicted molar refractivity (Wildman–Crippen MR) is 239 cm³/mol. The highest BCUT2D eigenvalue weighted by Gasteiger charge is 2.20. The number of nitrogens with zero attached hydrogens (tertiary/aromatic N) is 9. The Balaban J connectivity index is 0.000000181. The topological polar surface area (TPSA) is 126 Å². The molecule has 2 saturated heterocycles. The lowest BCUT2D eigenvalue weighted by atomic mass is 10.1. The molecule has 0 aliphatic carbocycles. The first-order valence-corrected chi connectivity index (χ1v) is 20.2. The predicted octanol–water partition coefficient (Wildman–Crippen LogP) is 8.34. The lowest BCUT2D eigenvalue weighted by molar-refractivity contribution is 0.311. The van der Waals surface area contributed by atoms with Crippen molar-refractivity contribution in [3.05, 3.63) is 125 Å². The molecule has 2 fully saturated rings. The molecule has 312 valence electrons. The van der Waals surface area contributed by atoms with Crippen molar-refractivity contribution in [1.29, 1.82) is 0 Å². The highest BCUT2D eigenvalue weighted by molar-refractivity contribution is 5.64. The molecule has 0 spiro atoms. The number of hydrogen-bond acceptors (Lipinski definition) is 13. The third-order valence-electron chi connectivity index (χ3n) is 10.8. The Hall–Kier alpha value is -6.45. The van der Waals surface area contributed by atoms with Crippen molar-refractivity contribution < 1.29 is 8.78 Å². The molecule has 15 heteroatoms. The molecule has 3 aromatic carbocycles. The zero-order chi connectivity index (χ0) is 42.2. The van der Waals surface area contributed by atoms with Gasteiger partial charge in [-0.2, -0.15) is 9.97 Å². The minimum atomic E-state index is -0.353. The fraction of sp³-hybridized carbons (Fsp3) is 0.311. The Labute approximate surface area is 350 Å². The second kappa shape index (κ2) is 19.1. The number of hydrogen-bond donors (Lipinski definition) is 4. The van der Waals surface area contributed by atoms with E-state index in [0.717, 1.165) is 63.7 Å². The second-order valence-corrected chi connectivity index (χ2v) is 15.4. The summed E-state index contributed by atoms with van der Waals surface area (Å²) in [5.74, 6) is 1.90. The van der Waals surface area contributed by atoms with Gasteiger partial charge in [-0.05, 0) is 119 Å². The second-order valence-electron chi connectivity index (χ2n) is 15.4. The third kappa shape index (κ3) is 11.0. The molecule has 60 heavy (non-hydrogen) atoms. The SMILES string of the molecule is Cc1ccc(Nc2ccnc(Nc3ccc(N4CCN(C)CC4)c(F)c3)n2)cc1C.Cc1ccc(Nc2ccnc(Nc3cnc(N4CCN(C)CC4)c(F)c3)n2)cc1C. The van der Waals surface area contributed by atoms with Gasteiger partial charge in [-0.15, -0.1) is 0 Å². The Kier molecular flexibility index (Phi) is 13.3. The fourth-order valence-electron chi connectivity index (χ4n) is 6.81. The van der Waals surface area contributed by atoms with Crippen LogP contribution in [0, 0.1) is 39.3 Å². The molecule has 0 atom stereocenters. The number of benzene rings is 3. The van der Waals surface area contributed by atoms with E-state index < -0.39 is 0 Å². The van der Waals surface area contributed by atoms with Gasteiger partial charge in [0, 0.05) is 87.9 Å². The van der Waals surface area contributed by atoms with E-state index in [-0.39, 0.29) is 11.6 Å². The van der Waals surface area contributed by atoms with Crippen LogP contribution in [0.2, 0.25) is 0 Å². The molecule has 2 aliphatic heterocycles. The zero-order valence-electron chi connectivity index (χ0n) is 35.1. The van der Waals surface area contributed by atoms with Crippen LogP contribution in [0.4, 0.5) is 66.6 Å². The van der Waals surface area contributed by atoms with E-state index in [1.165, 1.54) is 34.4 Å². The lowest BCUT2D eigenvalue weighted by Gasteiger charge is -2.34. The van der Waals surface area contributed by atoms with Crippen LogP contribution in [-0.4, -0.2) is 101 Å². The monoisotopic (exact) mass is 813 g/mol.